The highest BCUT2D eigenvalue weighted by atomic mass is 16.3. The first kappa shape index (κ1) is 7.37. The second kappa shape index (κ2) is 2.25. The summed E-state index contributed by atoms with van der Waals surface area (Å²) in [6.45, 7) is 0. The Morgan fingerprint density at radius 2 is 1.67 bits per heavy atom. The molecule has 0 amide bonds. The van der Waals surface area contributed by atoms with Gasteiger partial charge < -0.3 is 5.11 Å². The number of hydrogen-bond acceptors (Lipinski definition) is 1. The van der Waals surface area contributed by atoms with Crippen molar-refractivity contribution in [1.29, 1.82) is 0 Å². The van der Waals surface area contributed by atoms with Gasteiger partial charge in [-0.1, -0.05) is 6.42 Å². The van der Waals surface area contributed by atoms with Crippen molar-refractivity contribution in [3.05, 3.63) is 0 Å². The predicted octanol–water partition coefficient (Wildman–Crippen LogP) is 2.34. The lowest BCUT2D eigenvalue weighted by Gasteiger charge is -2.38. The number of hydrogen-bond donors (Lipinski definition) is 1. The molecule has 0 aromatic heterocycles. The molecule has 0 saturated heterocycles. The van der Waals surface area contributed by atoms with Crippen molar-refractivity contribution in [2.45, 2.75) is 50.5 Å². The van der Waals surface area contributed by atoms with E-state index in [0.717, 1.165) is 24.7 Å². The first-order chi connectivity index (χ1) is 5.80. The third-order valence-electron chi connectivity index (χ3n) is 4.68. The molecule has 3 fully saturated rings. The molecule has 3 aliphatic carbocycles. The molecule has 68 valence electrons. The van der Waals surface area contributed by atoms with Crippen LogP contribution < -0.4 is 0 Å². The van der Waals surface area contributed by atoms with Crippen LogP contribution >= 0.6 is 0 Å². The van der Waals surface area contributed by atoms with Gasteiger partial charge in [-0.2, -0.15) is 0 Å². The second-order valence-electron chi connectivity index (χ2n) is 5.16. The van der Waals surface area contributed by atoms with E-state index >= 15 is 0 Å². The highest BCUT2D eigenvalue weighted by Crippen LogP contribution is 2.58. The Kier molecular flexibility index (Phi) is 1.39. The van der Waals surface area contributed by atoms with Crippen LogP contribution in [0.4, 0.5) is 0 Å². The molecule has 1 nitrogen and oxygen atoms in total. The zero-order chi connectivity index (χ0) is 8.18. The van der Waals surface area contributed by atoms with Crippen LogP contribution in [0.25, 0.3) is 0 Å². The minimum atomic E-state index is -0.204. The molecule has 12 heavy (non-hydrogen) atoms. The van der Waals surface area contributed by atoms with E-state index < -0.39 is 0 Å². The first-order valence-electron chi connectivity index (χ1n) is 5.52. The maximum atomic E-state index is 10.4. The maximum Gasteiger partial charge on any atom is 0.0681 e. The Morgan fingerprint density at radius 1 is 0.917 bits per heavy atom. The smallest absolute Gasteiger partial charge is 0.0681 e. The Bertz CT molecular complexity index is 195. The van der Waals surface area contributed by atoms with Crippen molar-refractivity contribution in [3.63, 3.8) is 0 Å². The van der Waals surface area contributed by atoms with Gasteiger partial charge in [-0.3, -0.25) is 0 Å². The van der Waals surface area contributed by atoms with Crippen molar-refractivity contribution < 1.29 is 5.11 Å². The fourth-order valence-corrected chi connectivity index (χ4v) is 4.26. The molecule has 0 aliphatic heterocycles. The van der Waals surface area contributed by atoms with Crippen LogP contribution in [0.2, 0.25) is 0 Å². The van der Waals surface area contributed by atoms with Gasteiger partial charge in [-0.15, -0.1) is 0 Å². The summed E-state index contributed by atoms with van der Waals surface area (Å²) in [7, 11) is 0. The van der Waals surface area contributed by atoms with E-state index in [1.807, 2.05) is 0 Å². The summed E-state index contributed by atoms with van der Waals surface area (Å²) in [5, 5.41) is 10.4. The van der Waals surface area contributed by atoms with Crippen LogP contribution in [0, 0.1) is 17.8 Å². The third kappa shape index (κ3) is 0.783. The number of aliphatic hydroxyl groups is 1. The third-order valence-corrected chi connectivity index (χ3v) is 4.68. The van der Waals surface area contributed by atoms with E-state index in [9.17, 15) is 5.11 Å². The largest absolute Gasteiger partial charge is 0.390 e. The zero-order valence-electron chi connectivity index (χ0n) is 7.63. The molecule has 0 aromatic rings. The molecule has 4 atom stereocenters. The van der Waals surface area contributed by atoms with Crippen LogP contribution in [0.3, 0.4) is 0 Å². The number of rotatable bonds is 0. The average Bonchev–Trinajstić information content (AvgIpc) is 2.59. The van der Waals surface area contributed by atoms with E-state index in [-0.39, 0.29) is 5.60 Å². The van der Waals surface area contributed by atoms with Gasteiger partial charge in [0, 0.05) is 0 Å². The van der Waals surface area contributed by atoms with E-state index in [4.69, 9.17) is 0 Å². The lowest BCUT2D eigenvalue weighted by molar-refractivity contribution is -0.0506. The van der Waals surface area contributed by atoms with Crippen molar-refractivity contribution >= 4 is 0 Å². The minimum absolute atomic E-state index is 0.204. The second-order valence-corrected chi connectivity index (χ2v) is 5.16. The van der Waals surface area contributed by atoms with Crippen molar-refractivity contribution in [1.82, 2.24) is 0 Å². The molecule has 3 saturated carbocycles. The van der Waals surface area contributed by atoms with Crippen LogP contribution in [-0.4, -0.2) is 10.7 Å². The van der Waals surface area contributed by atoms with Gasteiger partial charge in [0.05, 0.1) is 5.60 Å². The minimum Gasteiger partial charge on any atom is -0.390 e. The van der Waals surface area contributed by atoms with Gasteiger partial charge in [-0.25, -0.2) is 0 Å². The summed E-state index contributed by atoms with van der Waals surface area (Å²) in [5.74, 6) is 2.52. The molecular formula is C11H18O. The van der Waals surface area contributed by atoms with E-state index in [1.165, 1.54) is 32.1 Å². The zero-order valence-corrected chi connectivity index (χ0v) is 7.63. The SMILES string of the molecule is O[C@]12CCC[C@H]3CC[C@@H](CC1)[C@H]32. The molecule has 0 unspecified atom stereocenters. The highest BCUT2D eigenvalue weighted by Gasteiger charge is 2.54. The maximum absolute atomic E-state index is 10.4. The van der Waals surface area contributed by atoms with Gasteiger partial charge in [0.15, 0.2) is 0 Å². The van der Waals surface area contributed by atoms with Gasteiger partial charge in [0.2, 0.25) is 0 Å². The first-order valence-corrected chi connectivity index (χ1v) is 5.52. The van der Waals surface area contributed by atoms with E-state index in [0.29, 0.717) is 5.92 Å². The monoisotopic (exact) mass is 166 g/mol. The Morgan fingerprint density at radius 3 is 2.50 bits per heavy atom. The van der Waals surface area contributed by atoms with E-state index in [1.54, 1.807) is 0 Å². The molecule has 1 heteroatoms. The van der Waals surface area contributed by atoms with Crippen LogP contribution in [0.15, 0.2) is 0 Å². The quantitative estimate of drug-likeness (QED) is 0.585. The van der Waals surface area contributed by atoms with Gasteiger partial charge in [-0.05, 0) is 56.3 Å². The highest BCUT2D eigenvalue weighted by molar-refractivity contribution is 5.05. The topological polar surface area (TPSA) is 20.2 Å². The fraction of sp³-hybridized carbons (Fsp3) is 1.00. The standard InChI is InChI=1S/C11H18O/c12-11-6-1-2-8-3-4-9(5-7-11)10(8)11/h8-10,12H,1-7H2/t8-,9-,10-,11+/m0/s1. The molecule has 3 rings (SSSR count). The molecule has 0 spiro atoms. The van der Waals surface area contributed by atoms with Crippen molar-refractivity contribution in [2.75, 3.05) is 0 Å². The summed E-state index contributed by atoms with van der Waals surface area (Å²) in [5.41, 5.74) is -0.204. The van der Waals surface area contributed by atoms with Crippen LogP contribution in [-0.2, 0) is 0 Å². The molecule has 0 bridgehead atoms. The summed E-state index contributed by atoms with van der Waals surface area (Å²) in [6, 6.07) is 0. The summed E-state index contributed by atoms with van der Waals surface area (Å²) >= 11 is 0. The normalized spacial score (nSPS) is 57.2. The molecule has 0 heterocycles. The summed E-state index contributed by atoms with van der Waals surface area (Å²) < 4.78 is 0. The van der Waals surface area contributed by atoms with Gasteiger partial charge in [0.1, 0.15) is 0 Å². The Labute approximate surface area is 74.2 Å². The molecular weight excluding hydrogens is 148 g/mol. The Balaban J connectivity index is 1.95. The summed E-state index contributed by atoms with van der Waals surface area (Å²) in [4.78, 5) is 0. The predicted molar refractivity (Wildman–Crippen MR) is 47.7 cm³/mol. The van der Waals surface area contributed by atoms with Crippen molar-refractivity contribution in [2.24, 2.45) is 17.8 Å². The van der Waals surface area contributed by atoms with Crippen molar-refractivity contribution in [3.8, 4) is 0 Å². The molecule has 0 radical (unpaired) electrons. The average molecular weight is 166 g/mol. The van der Waals surface area contributed by atoms with Gasteiger partial charge in [0.25, 0.3) is 0 Å². The van der Waals surface area contributed by atoms with Gasteiger partial charge >= 0.3 is 0 Å². The molecule has 0 aromatic carbocycles. The van der Waals surface area contributed by atoms with Crippen LogP contribution in [0.5, 0.6) is 0 Å². The fourth-order valence-electron chi connectivity index (χ4n) is 4.26. The lowest BCUT2D eigenvalue weighted by atomic mass is 9.72. The lowest BCUT2D eigenvalue weighted by Crippen LogP contribution is -2.40. The Hall–Kier alpha value is -0.0400. The molecule has 1 N–H and O–H groups in total. The van der Waals surface area contributed by atoms with E-state index in [2.05, 4.69) is 0 Å². The van der Waals surface area contributed by atoms with Crippen LogP contribution in [0.1, 0.15) is 44.9 Å². The summed E-state index contributed by atoms with van der Waals surface area (Å²) in [6.07, 6.45) is 9.05. The molecule has 3 aliphatic rings.